The normalized spacial score (nSPS) is 10.9. The second-order valence-corrected chi connectivity index (χ2v) is 6.28. The SMILES string of the molecule is COc1cccc(/C=N/NC(=O)c2cc(-c3ccncc3)nc3ccccc23)c1. The molecule has 29 heavy (non-hydrogen) atoms. The first-order chi connectivity index (χ1) is 14.2. The smallest absolute Gasteiger partial charge is 0.272 e. The minimum atomic E-state index is -0.307. The first-order valence-corrected chi connectivity index (χ1v) is 9.02. The fourth-order valence-corrected chi connectivity index (χ4v) is 2.98. The van der Waals surface area contributed by atoms with Crippen LogP contribution in [0.15, 0.2) is 84.2 Å². The molecule has 2 aromatic heterocycles. The number of aromatic nitrogens is 2. The minimum absolute atomic E-state index is 0.307. The Balaban J connectivity index is 1.65. The molecule has 142 valence electrons. The highest BCUT2D eigenvalue weighted by Crippen LogP contribution is 2.24. The zero-order valence-corrected chi connectivity index (χ0v) is 15.7. The summed E-state index contributed by atoms with van der Waals surface area (Å²) in [6.45, 7) is 0. The Morgan fingerprint density at radius 1 is 1.03 bits per heavy atom. The lowest BCUT2D eigenvalue weighted by molar-refractivity contribution is 0.0956. The summed E-state index contributed by atoms with van der Waals surface area (Å²) in [5.74, 6) is 0.417. The van der Waals surface area contributed by atoms with E-state index in [0.717, 1.165) is 27.8 Å². The number of nitrogens with zero attached hydrogens (tertiary/aromatic N) is 3. The van der Waals surface area contributed by atoms with Gasteiger partial charge >= 0.3 is 0 Å². The van der Waals surface area contributed by atoms with Crippen LogP contribution in [0.4, 0.5) is 0 Å². The summed E-state index contributed by atoms with van der Waals surface area (Å²) in [6.07, 6.45) is 4.97. The largest absolute Gasteiger partial charge is 0.497 e. The Kier molecular flexibility index (Phi) is 5.25. The van der Waals surface area contributed by atoms with Crippen molar-refractivity contribution in [2.75, 3.05) is 7.11 Å². The summed E-state index contributed by atoms with van der Waals surface area (Å²) in [5.41, 5.74) is 6.26. The molecule has 4 aromatic rings. The molecule has 0 fully saturated rings. The van der Waals surface area contributed by atoms with E-state index in [1.165, 1.54) is 0 Å². The molecule has 0 unspecified atom stereocenters. The number of hydrogen-bond donors (Lipinski definition) is 1. The average Bonchev–Trinajstić information content (AvgIpc) is 2.79. The van der Waals surface area contributed by atoms with Crippen molar-refractivity contribution < 1.29 is 9.53 Å². The van der Waals surface area contributed by atoms with Gasteiger partial charge in [0, 0.05) is 23.3 Å². The van der Waals surface area contributed by atoms with Crippen molar-refractivity contribution >= 4 is 23.0 Å². The van der Waals surface area contributed by atoms with Gasteiger partial charge < -0.3 is 4.74 Å². The van der Waals surface area contributed by atoms with E-state index in [0.29, 0.717) is 11.3 Å². The fraction of sp³-hybridized carbons (Fsp3) is 0.0435. The average molecular weight is 382 g/mol. The number of carbonyl (C=O) groups excluding carboxylic acids is 1. The topological polar surface area (TPSA) is 76.5 Å². The third-order valence-electron chi connectivity index (χ3n) is 4.41. The van der Waals surface area contributed by atoms with E-state index in [1.807, 2.05) is 60.7 Å². The molecule has 0 aliphatic carbocycles. The number of rotatable bonds is 5. The van der Waals surface area contributed by atoms with Crippen LogP contribution in [0, 0.1) is 0 Å². The molecule has 1 N–H and O–H groups in total. The van der Waals surface area contributed by atoms with Crippen LogP contribution in [0.5, 0.6) is 5.75 Å². The summed E-state index contributed by atoms with van der Waals surface area (Å²) < 4.78 is 5.19. The highest BCUT2D eigenvalue weighted by Gasteiger charge is 2.13. The molecule has 0 atom stereocenters. The molecule has 0 aliphatic rings. The Labute approximate surface area is 167 Å². The molecule has 0 saturated heterocycles. The van der Waals surface area contributed by atoms with Crippen molar-refractivity contribution in [3.63, 3.8) is 0 Å². The number of fused-ring (bicyclic) bond motifs is 1. The highest BCUT2D eigenvalue weighted by atomic mass is 16.5. The monoisotopic (exact) mass is 382 g/mol. The zero-order valence-electron chi connectivity index (χ0n) is 15.7. The fourth-order valence-electron chi connectivity index (χ4n) is 2.98. The van der Waals surface area contributed by atoms with E-state index in [4.69, 9.17) is 4.74 Å². The van der Waals surface area contributed by atoms with Gasteiger partial charge in [-0.15, -0.1) is 0 Å². The molecule has 0 bridgehead atoms. The van der Waals surface area contributed by atoms with E-state index >= 15 is 0 Å². The van der Waals surface area contributed by atoms with Crippen LogP contribution in [0.3, 0.4) is 0 Å². The van der Waals surface area contributed by atoms with E-state index in [1.54, 1.807) is 31.8 Å². The van der Waals surface area contributed by atoms with E-state index in [2.05, 4.69) is 20.5 Å². The first-order valence-electron chi connectivity index (χ1n) is 9.02. The molecular weight excluding hydrogens is 364 g/mol. The van der Waals surface area contributed by atoms with Crippen LogP contribution in [0.2, 0.25) is 0 Å². The summed E-state index contributed by atoms with van der Waals surface area (Å²) in [6, 6.07) is 20.4. The van der Waals surface area contributed by atoms with E-state index < -0.39 is 0 Å². The molecule has 2 heterocycles. The van der Waals surface area contributed by atoms with Crippen molar-refractivity contribution in [3.8, 4) is 17.0 Å². The molecule has 1 amide bonds. The highest BCUT2D eigenvalue weighted by molar-refractivity contribution is 6.07. The van der Waals surface area contributed by atoms with Gasteiger partial charge in [-0.2, -0.15) is 5.10 Å². The second-order valence-electron chi connectivity index (χ2n) is 6.28. The van der Waals surface area contributed by atoms with Crippen LogP contribution >= 0.6 is 0 Å². The Morgan fingerprint density at radius 3 is 2.69 bits per heavy atom. The molecule has 6 heteroatoms. The Morgan fingerprint density at radius 2 is 1.86 bits per heavy atom. The van der Waals surface area contributed by atoms with Gasteiger partial charge in [-0.3, -0.25) is 9.78 Å². The maximum atomic E-state index is 12.9. The molecule has 0 aliphatic heterocycles. The predicted octanol–water partition coefficient (Wildman–Crippen LogP) is 4.07. The summed E-state index contributed by atoms with van der Waals surface area (Å²) in [4.78, 5) is 21.6. The molecule has 0 saturated carbocycles. The van der Waals surface area contributed by atoms with Gasteiger partial charge in [-0.05, 0) is 42.0 Å². The maximum absolute atomic E-state index is 12.9. The van der Waals surface area contributed by atoms with Gasteiger partial charge in [0.1, 0.15) is 5.75 Å². The number of hydrazone groups is 1. The van der Waals surface area contributed by atoms with E-state index in [9.17, 15) is 4.79 Å². The summed E-state index contributed by atoms with van der Waals surface area (Å²) in [7, 11) is 1.60. The quantitative estimate of drug-likeness (QED) is 0.417. The standard InChI is InChI=1S/C23H18N4O2/c1-29-18-6-4-5-16(13-18)15-25-27-23(28)20-14-22(17-9-11-24-12-10-17)26-21-8-3-2-7-19(20)21/h2-15H,1H3,(H,27,28)/b25-15+. The molecule has 4 rings (SSSR count). The minimum Gasteiger partial charge on any atom is -0.497 e. The number of amides is 1. The number of para-hydroxylation sites is 1. The van der Waals surface area contributed by atoms with Gasteiger partial charge in [-0.1, -0.05) is 30.3 Å². The Hall–Kier alpha value is -4.06. The predicted molar refractivity (Wildman–Crippen MR) is 113 cm³/mol. The van der Waals surface area contributed by atoms with Crippen LogP contribution in [-0.2, 0) is 0 Å². The second kappa shape index (κ2) is 8.31. The molecule has 0 spiro atoms. The lowest BCUT2D eigenvalue weighted by atomic mass is 10.0. The zero-order chi connectivity index (χ0) is 20.1. The lowest BCUT2D eigenvalue weighted by Gasteiger charge is -2.09. The van der Waals surface area contributed by atoms with E-state index in [-0.39, 0.29) is 5.91 Å². The number of pyridine rings is 2. The van der Waals surface area contributed by atoms with Crippen molar-refractivity contribution in [1.29, 1.82) is 0 Å². The number of nitrogens with one attached hydrogen (secondary N) is 1. The summed E-state index contributed by atoms with van der Waals surface area (Å²) in [5, 5.41) is 4.86. The molecular formula is C23H18N4O2. The number of ether oxygens (including phenoxy) is 1. The van der Waals surface area contributed by atoms with Crippen molar-refractivity contribution in [2.45, 2.75) is 0 Å². The number of methoxy groups -OCH3 is 1. The molecule has 0 radical (unpaired) electrons. The molecule has 6 nitrogen and oxygen atoms in total. The van der Waals surface area contributed by atoms with Gasteiger partial charge in [0.25, 0.3) is 5.91 Å². The van der Waals surface area contributed by atoms with Gasteiger partial charge in [0.15, 0.2) is 0 Å². The van der Waals surface area contributed by atoms with Crippen LogP contribution in [-0.4, -0.2) is 29.2 Å². The van der Waals surface area contributed by atoms with Gasteiger partial charge in [-0.25, -0.2) is 10.4 Å². The Bertz CT molecular complexity index is 1190. The molecule has 2 aromatic carbocycles. The van der Waals surface area contributed by atoms with Crippen LogP contribution < -0.4 is 10.2 Å². The maximum Gasteiger partial charge on any atom is 0.272 e. The third-order valence-corrected chi connectivity index (χ3v) is 4.41. The third kappa shape index (κ3) is 4.11. The number of hydrogen-bond acceptors (Lipinski definition) is 5. The van der Waals surface area contributed by atoms with Gasteiger partial charge in [0.2, 0.25) is 0 Å². The van der Waals surface area contributed by atoms with Crippen LogP contribution in [0.1, 0.15) is 15.9 Å². The van der Waals surface area contributed by atoms with Gasteiger partial charge in [0.05, 0.1) is 30.1 Å². The van der Waals surface area contributed by atoms with Crippen molar-refractivity contribution in [1.82, 2.24) is 15.4 Å². The number of carbonyl (C=O) groups is 1. The van der Waals surface area contributed by atoms with Crippen molar-refractivity contribution in [2.24, 2.45) is 5.10 Å². The lowest BCUT2D eigenvalue weighted by Crippen LogP contribution is -2.18. The first kappa shape index (κ1) is 18.3. The van der Waals surface area contributed by atoms with Crippen LogP contribution in [0.25, 0.3) is 22.2 Å². The summed E-state index contributed by atoms with van der Waals surface area (Å²) >= 11 is 0. The van der Waals surface area contributed by atoms with Crippen molar-refractivity contribution in [3.05, 3.63) is 90.3 Å². The number of benzene rings is 2.